The topological polar surface area (TPSA) is 29.0 Å². The van der Waals surface area contributed by atoms with Gasteiger partial charge in [0.1, 0.15) is 5.82 Å². The lowest BCUT2D eigenvalue weighted by Crippen LogP contribution is -2.49. The van der Waals surface area contributed by atoms with Gasteiger partial charge >= 0.3 is 0 Å². The van der Waals surface area contributed by atoms with Crippen molar-refractivity contribution in [2.75, 3.05) is 17.2 Å². The summed E-state index contributed by atoms with van der Waals surface area (Å²) in [6.45, 7) is 0.940. The Balaban J connectivity index is 1.71. The van der Waals surface area contributed by atoms with Crippen LogP contribution in [0.2, 0.25) is 0 Å². The number of halogens is 2. The molecule has 2 aromatic rings. The summed E-state index contributed by atoms with van der Waals surface area (Å²) in [5.41, 5.74) is 0.816. The fourth-order valence-electron chi connectivity index (χ4n) is 3.52. The fraction of sp³-hybridized carbons (Fsp3) is 0.500. The summed E-state index contributed by atoms with van der Waals surface area (Å²) in [4.78, 5) is 11.1. The van der Waals surface area contributed by atoms with Gasteiger partial charge in [0, 0.05) is 35.7 Å². The van der Waals surface area contributed by atoms with E-state index in [2.05, 4.69) is 26.6 Å². The Morgan fingerprint density at radius 2 is 1.86 bits per heavy atom. The van der Waals surface area contributed by atoms with Crippen LogP contribution < -0.4 is 4.90 Å². The van der Waals surface area contributed by atoms with Crippen LogP contribution in [-0.4, -0.2) is 33.6 Å². The summed E-state index contributed by atoms with van der Waals surface area (Å²) < 4.78 is 26.7. The lowest BCUT2D eigenvalue weighted by atomic mass is 9.93. The van der Waals surface area contributed by atoms with Crippen LogP contribution in [0.5, 0.6) is 0 Å². The van der Waals surface area contributed by atoms with Gasteiger partial charge in [0.15, 0.2) is 11.6 Å². The van der Waals surface area contributed by atoms with Gasteiger partial charge in [0.25, 0.3) is 0 Å². The van der Waals surface area contributed by atoms with E-state index in [1.54, 1.807) is 6.20 Å². The van der Waals surface area contributed by atoms with E-state index in [9.17, 15) is 8.78 Å². The van der Waals surface area contributed by atoms with Gasteiger partial charge in [-0.2, -0.15) is 11.8 Å². The van der Waals surface area contributed by atoms with Crippen LogP contribution in [0.15, 0.2) is 18.3 Å². The molecular formula is C16H17F2N3S. The molecule has 0 bridgehead atoms. The number of benzene rings is 1. The van der Waals surface area contributed by atoms with Crippen LogP contribution in [0.25, 0.3) is 11.0 Å². The molecule has 0 radical (unpaired) electrons. The van der Waals surface area contributed by atoms with Crippen LogP contribution in [0.1, 0.15) is 25.7 Å². The van der Waals surface area contributed by atoms with Gasteiger partial charge in [0.05, 0.1) is 17.2 Å². The molecule has 2 aliphatic rings. The summed E-state index contributed by atoms with van der Waals surface area (Å²) in [5.74, 6) is 0.120. The molecule has 116 valence electrons. The summed E-state index contributed by atoms with van der Waals surface area (Å²) >= 11 is 2.05. The number of anilines is 1. The van der Waals surface area contributed by atoms with Gasteiger partial charge in [-0.25, -0.2) is 13.8 Å². The minimum Gasteiger partial charge on any atom is -0.350 e. The summed E-state index contributed by atoms with van der Waals surface area (Å²) in [6, 6.07) is 2.74. The Hall–Kier alpha value is -1.43. The fourth-order valence-corrected chi connectivity index (χ4v) is 4.96. The maximum atomic E-state index is 13.4. The maximum absolute atomic E-state index is 13.4. The first-order valence-electron chi connectivity index (χ1n) is 7.72. The highest BCUT2D eigenvalue weighted by Gasteiger charge is 2.34. The first kappa shape index (κ1) is 14.2. The van der Waals surface area contributed by atoms with Crippen LogP contribution in [0.4, 0.5) is 14.6 Å². The lowest BCUT2D eigenvalue weighted by Gasteiger charge is -2.44. The quantitative estimate of drug-likeness (QED) is 0.799. The van der Waals surface area contributed by atoms with Crippen molar-refractivity contribution in [3.8, 4) is 0 Å². The average Bonchev–Trinajstić information content (AvgIpc) is 2.55. The van der Waals surface area contributed by atoms with Gasteiger partial charge in [-0.05, 0) is 12.8 Å². The molecule has 2 atom stereocenters. The molecule has 0 amide bonds. The van der Waals surface area contributed by atoms with Crippen molar-refractivity contribution in [1.29, 1.82) is 0 Å². The number of hydrogen-bond acceptors (Lipinski definition) is 4. The highest BCUT2D eigenvalue weighted by molar-refractivity contribution is 8.00. The molecule has 3 nitrogen and oxygen atoms in total. The van der Waals surface area contributed by atoms with E-state index in [1.165, 1.54) is 25.7 Å². The number of hydrogen-bond donors (Lipinski definition) is 0. The number of aromatic nitrogens is 2. The van der Waals surface area contributed by atoms with Crippen molar-refractivity contribution in [3.05, 3.63) is 30.0 Å². The Bertz CT molecular complexity index is 707. The molecule has 1 saturated heterocycles. The Morgan fingerprint density at radius 1 is 1.09 bits per heavy atom. The summed E-state index contributed by atoms with van der Waals surface area (Å²) in [7, 11) is 0. The largest absolute Gasteiger partial charge is 0.350 e. The number of thioether (sulfide) groups is 1. The Kier molecular flexibility index (Phi) is 3.64. The third-order valence-electron chi connectivity index (χ3n) is 4.60. The average molecular weight is 321 g/mol. The molecule has 0 unspecified atom stereocenters. The molecule has 1 aliphatic carbocycles. The molecule has 0 spiro atoms. The second kappa shape index (κ2) is 5.65. The molecule has 1 aromatic heterocycles. The lowest BCUT2D eigenvalue weighted by molar-refractivity contribution is 0.420. The van der Waals surface area contributed by atoms with Gasteiger partial charge in [-0.15, -0.1) is 0 Å². The first-order chi connectivity index (χ1) is 10.7. The number of nitrogens with zero attached hydrogens (tertiary/aromatic N) is 3. The van der Waals surface area contributed by atoms with Gasteiger partial charge in [-0.3, -0.25) is 4.98 Å². The van der Waals surface area contributed by atoms with Crippen LogP contribution >= 0.6 is 11.8 Å². The van der Waals surface area contributed by atoms with Gasteiger partial charge < -0.3 is 4.90 Å². The van der Waals surface area contributed by atoms with Crippen LogP contribution in [0, 0.1) is 11.6 Å². The van der Waals surface area contributed by atoms with Crippen molar-refractivity contribution in [1.82, 2.24) is 9.97 Å². The highest BCUT2D eigenvalue weighted by Crippen LogP contribution is 2.37. The molecule has 1 aromatic carbocycles. The standard InChI is InChI=1S/C16H17F2N3S/c17-10-7-12-13(8-11(10)18)20-16(9-19-12)21-5-6-22-15-4-2-1-3-14(15)21/h7-9,14-15H,1-6H2/t14-,15-/m1/s1. The first-order valence-corrected chi connectivity index (χ1v) is 8.77. The van der Waals surface area contributed by atoms with Gasteiger partial charge in [-0.1, -0.05) is 12.8 Å². The molecule has 4 rings (SSSR count). The predicted octanol–water partition coefficient (Wildman–Crippen LogP) is 3.77. The highest BCUT2D eigenvalue weighted by atomic mass is 32.2. The Morgan fingerprint density at radius 3 is 2.73 bits per heavy atom. The normalized spacial score (nSPS) is 25.3. The van der Waals surface area contributed by atoms with E-state index in [1.807, 2.05) is 0 Å². The molecule has 22 heavy (non-hydrogen) atoms. The van der Waals surface area contributed by atoms with E-state index in [4.69, 9.17) is 0 Å². The number of fused-ring (bicyclic) bond motifs is 2. The SMILES string of the molecule is Fc1cc2ncc(N3CCS[C@@H]4CCCC[C@H]43)nc2cc1F. The van der Waals surface area contributed by atoms with E-state index in [0.717, 1.165) is 30.2 Å². The number of rotatable bonds is 1. The molecule has 6 heteroatoms. The molecule has 1 aliphatic heterocycles. The van der Waals surface area contributed by atoms with Gasteiger partial charge in [0.2, 0.25) is 0 Å². The minimum atomic E-state index is -0.878. The zero-order chi connectivity index (χ0) is 15.1. The van der Waals surface area contributed by atoms with Crippen molar-refractivity contribution < 1.29 is 8.78 Å². The van der Waals surface area contributed by atoms with Crippen LogP contribution in [0.3, 0.4) is 0 Å². The van der Waals surface area contributed by atoms with Crippen molar-refractivity contribution >= 4 is 28.6 Å². The van der Waals surface area contributed by atoms with Crippen molar-refractivity contribution in [3.63, 3.8) is 0 Å². The smallest absolute Gasteiger partial charge is 0.161 e. The predicted molar refractivity (Wildman–Crippen MR) is 85.3 cm³/mol. The van der Waals surface area contributed by atoms with E-state index in [0.29, 0.717) is 22.3 Å². The molecule has 0 N–H and O–H groups in total. The molecular weight excluding hydrogens is 304 g/mol. The second-order valence-corrected chi connectivity index (χ2v) is 7.28. The maximum Gasteiger partial charge on any atom is 0.161 e. The Labute approximate surface area is 132 Å². The van der Waals surface area contributed by atoms with Crippen LogP contribution in [-0.2, 0) is 0 Å². The monoisotopic (exact) mass is 321 g/mol. The van der Waals surface area contributed by atoms with E-state index in [-0.39, 0.29) is 0 Å². The van der Waals surface area contributed by atoms with Crippen molar-refractivity contribution in [2.24, 2.45) is 0 Å². The van der Waals surface area contributed by atoms with E-state index >= 15 is 0 Å². The zero-order valence-corrected chi connectivity index (χ0v) is 13.0. The third kappa shape index (κ3) is 2.43. The minimum absolute atomic E-state index is 0.397. The molecule has 2 heterocycles. The summed E-state index contributed by atoms with van der Waals surface area (Å²) in [5, 5.41) is 0.657. The zero-order valence-electron chi connectivity index (χ0n) is 12.1. The molecule has 2 fully saturated rings. The molecule has 1 saturated carbocycles. The third-order valence-corrected chi connectivity index (χ3v) is 5.99. The van der Waals surface area contributed by atoms with E-state index < -0.39 is 11.6 Å². The summed E-state index contributed by atoms with van der Waals surface area (Å²) in [6.07, 6.45) is 6.68. The second-order valence-electron chi connectivity index (χ2n) is 5.94. The van der Waals surface area contributed by atoms with Crippen molar-refractivity contribution in [2.45, 2.75) is 37.0 Å².